The Balaban J connectivity index is 2.08. The van der Waals surface area contributed by atoms with Gasteiger partial charge in [0.15, 0.2) is 0 Å². The Morgan fingerprint density at radius 3 is 2.04 bits per heavy atom. The lowest BCUT2D eigenvalue weighted by Crippen LogP contribution is -2.33. The number of rotatable bonds is 3. The van der Waals surface area contributed by atoms with Crippen molar-refractivity contribution in [2.45, 2.75) is 6.36 Å². The van der Waals surface area contributed by atoms with Crippen LogP contribution in [0.5, 0.6) is 5.75 Å². The van der Waals surface area contributed by atoms with E-state index in [-0.39, 0.29) is 9.99 Å². The smallest absolute Gasteiger partial charge is 0.406 e. The van der Waals surface area contributed by atoms with Crippen molar-refractivity contribution in [1.29, 1.82) is 0 Å². The van der Waals surface area contributed by atoms with Crippen LogP contribution in [0.3, 0.4) is 0 Å². The van der Waals surface area contributed by atoms with Crippen LogP contribution in [0.25, 0.3) is 0 Å². The standard InChI is InChI=1S/C15H9F5N2O3S/c16-10-2-1-3-11(17)12(10)13(23)22(26)14(24)21-8-4-6-9(7-5-8)25-15(18,19)20/h1-7,26H,(H,21,24). The minimum atomic E-state index is -4.87. The molecule has 0 radical (unpaired) electrons. The molecule has 0 spiro atoms. The molecule has 1 N–H and O–H groups in total. The van der Waals surface area contributed by atoms with Gasteiger partial charge in [-0.1, -0.05) is 18.9 Å². The molecule has 138 valence electrons. The molecule has 5 nitrogen and oxygen atoms in total. The number of carbonyl (C=O) groups is 2. The normalized spacial score (nSPS) is 11.0. The lowest BCUT2D eigenvalue weighted by Gasteiger charge is -2.16. The van der Waals surface area contributed by atoms with E-state index in [1.165, 1.54) is 0 Å². The highest BCUT2D eigenvalue weighted by atomic mass is 32.1. The molecular weight excluding hydrogens is 383 g/mol. The second-order valence-electron chi connectivity index (χ2n) is 4.72. The van der Waals surface area contributed by atoms with E-state index in [0.29, 0.717) is 0 Å². The van der Waals surface area contributed by atoms with Crippen molar-refractivity contribution in [2.75, 3.05) is 5.32 Å². The van der Waals surface area contributed by atoms with Crippen LogP contribution in [0.2, 0.25) is 0 Å². The molecule has 0 aliphatic carbocycles. The number of thiol groups is 1. The van der Waals surface area contributed by atoms with E-state index < -0.39 is 41.2 Å². The largest absolute Gasteiger partial charge is 0.573 e. The predicted octanol–water partition coefficient (Wildman–Crippen LogP) is 4.38. The molecule has 0 aromatic heterocycles. The third-order valence-corrected chi connectivity index (χ3v) is 3.26. The Labute approximate surface area is 148 Å². The molecule has 0 unspecified atom stereocenters. The topological polar surface area (TPSA) is 58.6 Å². The minimum absolute atomic E-state index is 0.00891. The van der Waals surface area contributed by atoms with Crippen molar-refractivity contribution < 1.29 is 36.3 Å². The van der Waals surface area contributed by atoms with Crippen LogP contribution < -0.4 is 10.1 Å². The van der Waals surface area contributed by atoms with E-state index in [0.717, 1.165) is 42.5 Å². The fourth-order valence-electron chi connectivity index (χ4n) is 1.82. The molecule has 2 rings (SSSR count). The number of urea groups is 1. The number of nitrogens with zero attached hydrogens (tertiary/aromatic N) is 1. The van der Waals surface area contributed by atoms with Crippen molar-refractivity contribution in [2.24, 2.45) is 0 Å². The van der Waals surface area contributed by atoms with Crippen molar-refractivity contribution in [3.8, 4) is 5.75 Å². The molecule has 0 aliphatic rings. The Bertz CT molecular complexity index is 807. The summed E-state index contributed by atoms with van der Waals surface area (Å²) in [7, 11) is 0. The van der Waals surface area contributed by atoms with Gasteiger partial charge in [-0.3, -0.25) is 4.79 Å². The second kappa shape index (κ2) is 7.60. The van der Waals surface area contributed by atoms with Gasteiger partial charge < -0.3 is 10.1 Å². The van der Waals surface area contributed by atoms with Gasteiger partial charge in [0.1, 0.15) is 22.9 Å². The first-order valence-electron chi connectivity index (χ1n) is 6.72. The van der Waals surface area contributed by atoms with Gasteiger partial charge in [-0.2, -0.15) is 0 Å². The molecule has 11 heteroatoms. The average molecular weight is 392 g/mol. The fourth-order valence-corrected chi connectivity index (χ4v) is 1.97. The summed E-state index contributed by atoms with van der Waals surface area (Å²) in [4.78, 5) is 23.9. The minimum Gasteiger partial charge on any atom is -0.406 e. The summed E-state index contributed by atoms with van der Waals surface area (Å²) >= 11 is 3.60. The average Bonchev–Trinajstić information content (AvgIpc) is 2.54. The number of alkyl halides is 3. The number of halogens is 5. The summed E-state index contributed by atoms with van der Waals surface area (Å²) in [5, 5.41) is 2.13. The van der Waals surface area contributed by atoms with E-state index in [1.54, 1.807) is 0 Å². The summed E-state index contributed by atoms with van der Waals surface area (Å²) in [6, 6.07) is 5.49. The number of ether oxygens (including phenoxy) is 1. The summed E-state index contributed by atoms with van der Waals surface area (Å²) in [5.74, 6) is -4.26. The van der Waals surface area contributed by atoms with Crippen molar-refractivity contribution in [3.63, 3.8) is 0 Å². The maximum Gasteiger partial charge on any atom is 0.573 e. The van der Waals surface area contributed by atoms with Gasteiger partial charge in [-0.25, -0.2) is 17.9 Å². The number of anilines is 1. The number of hydrogen-bond donors (Lipinski definition) is 2. The molecule has 0 fully saturated rings. The zero-order valence-electron chi connectivity index (χ0n) is 12.6. The molecule has 26 heavy (non-hydrogen) atoms. The van der Waals surface area contributed by atoms with Crippen LogP contribution in [-0.2, 0) is 0 Å². The van der Waals surface area contributed by atoms with Crippen LogP contribution in [-0.4, -0.2) is 22.6 Å². The van der Waals surface area contributed by atoms with E-state index in [4.69, 9.17) is 0 Å². The zero-order valence-corrected chi connectivity index (χ0v) is 13.4. The summed E-state index contributed by atoms with van der Waals surface area (Å²) in [6.45, 7) is 0. The molecule has 0 saturated heterocycles. The van der Waals surface area contributed by atoms with Crippen LogP contribution in [0.1, 0.15) is 10.4 Å². The number of benzene rings is 2. The second-order valence-corrected chi connectivity index (χ2v) is 5.12. The van der Waals surface area contributed by atoms with Crippen molar-refractivity contribution in [1.82, 2.24) is 4.31 Å². The first-order chi connectivity index (χ1) is 12.1. The highest BCUT2D eigenvalue weighted by Crippen LogP contribution is 2.24. The van der Waals surface area contributed by atoms with Crippen LogP contribution in [0.15, 0.2) is 42.5 Å². The first-order valence-corrected chi connectivity index (χ1v) is 7.12. The quantitative estimate of drug-likeness (QED) is 0.602. The van der Waals surface area contributed by atoms with E-state index >= 15 is 0 Å². The molecule has 0 atom stereocenters. The Hall–Kier alpha value is -2.82. The highest BCUT2D eigenvalue weighted by molar-refractivity contribution is 7.79. The maximum absolute atomic E-state index is 13.6. The molecular formula is C15H9F5N2O3S. The van der Waals surface area contributed by atoms with Gasteiger partial charge in [-0.05, 0) is 36.4 Å². The lowest BCUT2D eigenvalue weighted by atomic mass is 10.2. The molecule has 2 aromatic carbocycles. The Morgan fingerprint density at radius 1 is 1.00 bits per heavy atom. The SMILES string of the molecule is O=C(Nc1ccc(OC(F)(F)F)cc1)N(S)C(=O)c1c(F)cccc1F. The number of nitrogens with one attached hydrogen (secondary N) is 1. The third kappa shape index (κ3) is 4.85. The first kappa shape index (κ1) is 19.5. The fraction of sp³-hybridized carbons (Fsp3) is 0.0667. The molecule has 3 amide bonds. The molecule has 0 saturated carbocycles. The molecule has 0 heterocycles. The van der Waals surface area contributed by atoms with Gasteiger partial charge in [0.25, 0.3) is 5.91 Å². The van der Waals surface area contributed by atoms with Gasteiger partial charge in [-0.15, -0.1) is 13.2 Å². The van der Waals surface area contributed by atoms with Gasteiger partial charge in [0.2, 0.25) is 0 Å². The number of amides is 3. The Morgan fingerprint density at radius 2 is 1.54 bits per heavy atom. The van der Waals surface area contributed by atoms with Crippen molar-refractivity contribution in [3.05, 3.63) is 59.7 Å². The van der Waals surface area contributed by atoms with Crippen LogP contribution in [0, 0.1) is 11.6 Å². The lowest BCUT2D eigenvalue weighted by molar-refractivity contribution is -0.274. The molecule has 2 aromatic rings. The van der Waals surface area contributed by atoms with Crippen molar-refractivity contribution >= 4 is 30.4 Å². The highest BCUT2D eigenvalue weighted by Gasteiger charge is 2.31. The summed E-state index contributed by atoms with van der Waals surface area (Å²) < 4.78 is 67.1. The summed E-state index contributed by atoms with van der Waals surface area (Å²) in [6.07, 6.45) is -4.87. The molecule has 0 bridgehead atoms. The van der Waals surface area contributed by atoms with Gasteiger partial charge >= 0.3 is 12.4 Å². The third-order valence-electron chi connectivity index (χ3n) is 2.90. The zero-order chi connectivity index (χ0) is 19.5. The maximum atomic E-state index is 13.6. The summed E-state index contributed by atoms with van der Waals surface area (Å²) in [5.41, 5.74) is -0.989. The van der Waals surface area contributed by atoms with E-state index in [1.807, 2.05) is 0 Å². The van der Waals surface area contributed by atoms with Gasteiger partial charge in [0, 0.05) is 5.69 Å². The predicted molar refractivity (Wildman–Crippen MR) is 83.7 cm³/mol. The van der Waals surface area contributed by atoms with E-state index in [9.17, 15) is 31.5 Å². The van der Waals surface area contributed by atoms with Crippen LogP contribution in [0.4, 0.5) is 32.4 Å². The molecule has 0 aliphatic heterocycles. The number of imide groups is 1. The Kier molecular flexibility index (Phi) is 5.70. The van der Waals surface area contributed by atoms with Gasteiger partial charge in [0.05, 0.1) is 0 Å². The monoisotopic (exact) mass is 392 g/mol. The number of carbonyl (C=O) groups excluding carboxylic acids is 2. The van der Waals surface area contributed by atoms with E-state index in [2.05, 4.69) is 22.9 Å². The number of hydrogen-bond acceptors (Lipinski definition) is 4. The van der Waals surface area contributed by atoms with Crippen LogP contribution >= 0.6 is 12.8 Å².